The highest BCUT2D eigenvalue weighted by molar-refractivity contribution is 6.14. The van der Waals surface area contributed by atoms with E-state index in [9.17, 15) is 13.6 Å². The van der Waals surface area contributed by atoms with Crippen molar-refractivity contribution in [2.75, 3.05) is 0 Å². The lowest BCUT2D eigenvalue weighted by molar-refractivity contribution is -0.113. The van der Waals surface area contributed by atoms with Crippen LogP contribution in [0.1, 0.15) is 30.9 Å². The number of rotatable bonds is 2. The molecule has 0 radical (unpaired) electrons. The summed E-state index contributed by atoms with van der Waals surface area (Å²) in [7, 11) is 0. The Hall–Kier alpha value is -2.55. The molecule has 0 N–H and O–H groups in total. The zero-order valence-electron chi connectivity index (χ0n) is 13.4. The van der Waals surface area contributed by atoms with Gasteiger partial charge in [-0.1, -0.05) is 43.3 Å². The first kappa shape index (κ1) is 16.3. The summed E-state index contributed by atoms with van der Waals surface area (Å²) in [6.45, 7) is 2.04. The first-order valence-electron chi connectivity index (χ1n) is 7.99. The molecule has 1 nitrogen and oxygen atoms in total. The van der Waals surface area contributed by atoms with E-state index in [1.807, 2.05) is 6.92 Å². The van der Waals surface area contributed by atoms with Crippen LogP contribution in [-0.4, -0.2) is 5.78 Å². The molecule has 1 aliphatic rings. The summed E-state index contributed by atoms with van der Waals surface area (Å²) in [6, 6.07) is 12.8. The van der Waals surface area contributed by atoms with Gasteiger partial charge < -0.3 is 0 Å². The highest BCUT2D eigenvalue weighted by Crippen LogP contribution is 2.32. The first-order chi connectivity index (χ1) is 11.5. The van der Waals surface area contributed by atoms with Crippen molar-refractivity contribution in [1.29, 1.82) is 0 Å². The highest BCUT2D eigenvalue weighted by Gasteiger charge is 2.25. The van der Waals surface area contributed by atoms with Crippen LogP contribution in [0.4, 0.5) is 8.78 Å². The third-order valence-electron chi connectivity index (χ3n) is 4.19. The van der Waals surface area contributed by atoms with Crippen LogP contribution in [0.15, 0.2) is 59.7 Å². The number of hydrogen-bond acceptors (Lipinski definition) is 1. The van der Waals surface area contributed by atoms with Gasteiger partial charge in [-0.05, 0) is 43.0 Å². The van der Waals surface area contributed by atoms with Gasteiger partial charge >= 0.3 is 0 Å². The molecule has 1 fully saturated rings. The fraction of sp³-hybridized carbons (Fsp3) is 0.190. The monoisotopic (exact) mass is 324 g/mol. The molecule has 1 aliphatic carbocycles. The zero-order chi connectivity index (χ0) is 17.1. The molecule has 122 valence electrons. The van der Waals surface area contributed by atoms with Gasteiger partial charge in [-0.2, -0.15) is 0 Å². The van der Waals surface area contributed by atoms with E-state index >= 15 is 0 Å². The van der Waals surface area contributed by atoms with E-state index in [0.29, 0.717) is 35.1 Å². The minimum atomic E-state index is -0.351. The molecule has 1 unspecified atom stereocenters. The largest absolute Gasteiger partial charge is 0.289 e. The standard InChI is InChI=1S/C21H18F2O/c1-14-10-17(12-15-6-2-4-8-19(15)22)21(24)18(11-14)13-16-7-3-5-9-20(16)23/h2-9,12-14H,10-11H2,1H3/b17-12-,18-13+. The number of hydrogen-bond donors (Lipinski definition) is 0. The zero-order valence-corrected chi connectivity index (χ0v) is 13.4. The molecule has 2 aromatic rings. The molecule has 2 aromatic carbocycles. The summed E-state index contributed by atoms with van der Waals surface area (Å²) in [4.78, 5) is 12.7. The third kappa shape index (κ3) is 3.51. The number of carbonyl (C=O) groups is 1. The van der Waals surface area contributed by atoms with Gasteiger partial charge in [-0.25, -0.2) is 8.78 Å². The van der Waals surface area contributed by atoms with Gasteiger partial charge in [0.25, 0.3) is 0 Å². The number of ketones is 1. The lowest BCUT2D eigenvalue weighted by Gasteiger charge is -2.22. The maximum absolute atomic E-state index is 13.8. The van der Waals surface area contributed by atoms with Crippen LogP contribution in [0.2, 0.25) is 0 Å². The number of allylic oxidation sites excluding steroid dienone is 2. The molecule has 0 bridgehead atoms. The molecule has 3 rings (SSSR count). The van der Waals surface area contributed by atoms with Crippen molar-refractivity contribution in [3.63, 3.8) is 0 Å². The first-order valence-corrected chi connectivity index (χ1v) is 7.99. The summed E-state index contributed by atoms with van der Waals surface area (Å²) in [5.74, 6) is -0.579. The molecule has 0 spiro atoms. The van der Waals surface area contributed by atoms with Crippen molar-refractivity contribution in [3.8, 4) is 0 Å². The van der Waals surface area contributed by atoms with Crippen LogP contribution in [0.5, 0.6) is 0 Å². The summed E-state index contributed by atoms with van der Waals surface area (Å²) in [5.41, 5.74) is 1.95. The van der Waals surface area contributed by atoms with Gasteiger partial charge in [0.15, 0.2) is 5.78 Å². The molecule has 0 amide bonds. The normalized spacial score (nSPS) is 21.5. The van der Waals surface area contributed by atoms with E-state index in [1.54, 1.807) is 48.6 Å². The molecule has 0 aliphatic heterocycles. The van der Waals surface area contributed by atoms with E-state index in [4.69, 9.17) is 0 Å². The highest BCUT2D eigenvalue weighted by atomic mass is 19.1. The summed E-state index contributed by atoms with van der Waals surface area (Å²) in [6.07, 6.45) is 4.43. The van der Waals surface area contributed by atoms with Crippen molar-refractivity contribution in [2.45, 2.75) is 19.8 Å². The van der Waals surface area contributed by atoms with Crippen LogP contribution < -0.4 is 0 Å². The molecule has 0 saturated heterocycles. The molecule has 24 heavy (non-hydrogen) atoms. The molecular weight excluding hydrogens is 306 g/mol. The molecule has 0 aromatic heterocycles. The lowest BCUT2D eigenvalue weighted by atomic mass is 9.80. The van der Waals surface area contributed by atoms with Gasteiger partial charge in [-0.3, -0.25) is 4.79 Å². The Labute approximate surface area is 140 Å². The number of halogens is 2. The van der Waals surface area contributed by atoms with Gasteiger partial charge in [0.1, 0.15) is 11.6 Å². The fourth-order valence-corrected chi connectivity index (χ4v) is 3.02. The second kappa shape index (κ2) is 6.91. The van der Waals surface area contributed by atoms with Crippen molar-refractivity contribution in [3.05, 3.63) is 82.4 Å². The minimum absolute atomic E-state index is 0.125. The van der Waals surface area contributed by atoms with Crippen molar-refractivity contribution >= 4 is 17.9 Å². The Balaban J connectivity index is 1.98. The van der Waals surface area contributed by atoms with Crippen LogP contribution in [-0.2, 0) is 4.79 Å². The number of carbonyl (C=O) groups excluding carboxylic acids is 1. The van der Waals surface area contributed by atoms with Crippen molar-refractivity contribution in [2.24, 2.45) is 5.92 Å². The Morgan fingerprint density at radius 1 is 0.833 bits per heavy atom. The van der Waals surface area contributed by atoms with Gasteiger partial charge in [0.05, 0.1) is 0 Å². The fourth-order valence-electron chi connectivity index (χ4n) is 3.02. The Morgan fingerprint density at radius 3 is 1.67 bits per heavy atom. The maximum atomic E-state index is 13.8. The second-order valence-corrected chi connectivity index (χ2v) is 6.22. The molecule has 1 saturated carbocycles. The Morgan fingerprint density at radius 2 is 1.25 bits per heavy atom. The summed E-state index contributed by atoms with van der Waals surface area (Å²) < 4.78 is 27.7. The van der Waals surface area contributed by atoms with E-state index in [2.05, 4.69) is 0 Å². The predicted octanol–water partition coefficient (Wildman–Crippen LogP) is 5.43. The quantitative estimate of drug-likeness (QED) is 0.673. The molecule has 3 heteroatoms. The van der Waals surface area contributed by atoms with Gasteiger partial charge in [-0.15, -0.1) is 0 Å². The Kier molecular flexibility index (Phi) is 4.70. The number of benzene rings is 2. The van der Waals surface area contributed by atoms with Crippen LogP contribution in [0.3, 0.4) is 0 Å². The second-order valence-electron chi connectivity index (χ2n) is 6.22. The Bertz CT molecular complexity index is 766. The van der Waals surface area contributed by atoms with Crippen LogP contribution >= 0.6 is 0 Å². The lowest BCUT2D eigenvalue weighted by Crippen LogP contribution is -2.18. The average Bonchev–Trinajstić information content (AvgIpc) is 2.56. The molecule has 0 heterocycles. The number of Topliss-reactive ketones (excluding diaryl/α,β-unsaturated/α-hetero) is 1. The maximum Gasteiger partial charge on any atom is 0.185 e. The average molecular weight is 324 g/mol. The summed E-state index contributed by atoms with van der Waals surface area (Å²) in [5, 5.41) is 0. The van der Waals surface area contributed by atoms with E-state index in [1.165, 1.54) is 12.1 Å². The molecule has 1 atom stereocenters. The summed E-state index contributed by atoms with van der Waals surface area (Å²) >= 11 is 0. The SMILES string of the molecule is CC1C/C(=C/c2ccccc2F)C(=O)/C(=C/c2ccccc2F)C1. The van der Waals surface area contributed by atoms with Crippen molar-refractivity contribution in [1.82, 2.24) is 0 Å². The van der Waals surface area contributed by atoms with Crippen LogP contribution in [0, 0.1) is 17.6 Å². The molecular formula is C21H18F2O. The van der Waals surface area contributed by atoms with Gasteiger partial charge in [0, 0.05) is 22.3 Å². The van der Waals surface area contributed by atoms with Crippen molar-refractivity contribution < 1.29 is 13.6 Å². The van der Waals surface area contributed by atoms with Gasteiger partial charge in [0.2, 0.25) is 0 Å². The minimum Gasteiger partial charge on any atom is -0.289 e. The van der Waals surface area contributed by atoms with Crippen LogP contribution in [0.25, 0.3) is 12.2 Å². The predicted molar refractivity (Wildman–Crippen MR) is 92.2 cm³/mol. The smallest absolute Gasteiger partial charge is 0.185 e. The van der Waals surface area contributed by atoms with E-state index in [0.717, 1.165) is 0 Å². The van der Waals surface area contributed by atoms with E-state index < -0.39 is 0 Å². The van der Waals surface area contributed by atoms with E-state index in [-0.39, 0.29) is 23.3 Å². The topological polar surface area (TPSA) is 17.1 Å². The third-order valence-corrected chi connectivity index (χ3v) is 4.19.